The number of imide groups is 1. The van der Waals surface area contributed by atoms with Crippen molar-refractivity contribution in [2.24, 2.45) is 5.92 Å². The maximum Gasteiger partial charge on any atom is 0.326 e. The van der Waals surface area contributed by atoms with E-state index in [4.69, 9.17) is 4.74 Å². The zero-order valence-electron chi connectivity index (χ0n) is 14.8. The average Bonchev–Trinajstić information content (AvgIpc) is 2.85. The molecule has 0 unspecified atom stereocenters. The van der Waals surface area contributed by atoms with Gasteiger partial charge in [-0.2, -0.15) is 0 Å². The highest BCUT2D eigenvalue weighted by molar-refractivity contribution is 6.09. The van der Waals surface area contributed by atoms with E-state index in [9.17, 15) is 24.0 Å². The fourth-order valence-corrected chi connectivity index (χ4v) is 3.25. The normalized spacial score (nSPS) is 25.0. The van der Waals surface area contributed by atoms with Gasteiger partial charge in [0.2, 0.25) is 0 Å². The number of nitrogens with zero attached hydrogens (tertiary/aromatic N) is 1. The van der Waals surface area contributed by atoms with Gasteiger partial charge >= 0.3 is 18.0 Å². The summed E-state index contributed by atoms with van der Waals surface area (Å²) >= 11 is 0. The van der Waals surface area contributed by atoms with Gasteiger partial charge in [-0.3, -0.25) is 24.1 Å². The molecule has 0 radical (unpaired) electrons. The van der Waals surface area contributed by atoms with E-state index in [1.165, 1.54) is 7.11 Å². The topological polar surface area (TPSA) is 131 Å². The van der Waals surface area contributed by atoms with Gasteiger partial charge in [-0.15, -0.1) is 0 Å². The van der Waals surface area contributed by atoms with Gasteiger partial charge in [-0.05, 0) is 18.8 Å². The van der Waals surface area contributed by atoms with Crippen LogP contribution in [0.15, 0.2) is 0 Å². The van der Waals surface area contributed by atoms with Crippen molar-refractivity contribution in [3.63, 3.8) is 0 Å². The SMILES string of the molecule is COC(=O)CNC(=O)COC(=O)CN1C(=O)N[C@@]2(CCCC[C@H]2C)C1=O. The molecule has 1 aliphatic heterocycles. The molecule has 10 nitrogen and oxygen atoms in total. The largest absolute Gasteiger partial charge is 0.468 e. The molecule has 4 amide bonds. The van der Waals surface area contributed by atoms with Gasteiger partial charge in [0, 0.05) is 0 Å². The smallest absolute Gasteiger partial charge is 0.326 e. The number of rotatable bonds is 6. The van der Waals surface area contributed by atoms with Gasteiger partial charge in [0.25, 0.3) is 11.8 Å². The molecule has 1 aliphatic carbocycles. The zero-order chi connectivity index (χ0) is 19.3. The summed E-state index contributed by atoms with van der Waals surface area (Å²) in [5.74, 6) is -2.67. The minimum absolute atomic E-state index is 0.0159. The summed E-state index contributed by atoms with van der Waals surface area (Å²) in [6.07, 6.45) is 3.19. The molecule has 0 aromatic rings. The highest BCUT2D eigenvalue weighted by Crippen LogP contribution is 2.38. The van der Waals surface area contributed by atoms with Crippen molar-refractivity contribution in [1.82, 2.24) is 15.5 Å². The molecule has 2 atom stereocenters. The van der Waals surface area contributed by atoms with Crippen LogP contribution in [0.1, 0.15) is 32.6 Å². The Morgan fingerprint density at radius 2 is 2.00 bits per heavy atom. The number of amides is 4. The lowest BCUT2D eigenvalue weighted by molar-refractivity contribution is -0.152. The summed E-state index contributed by atoms with van der Waals surface area (Å²) in [5, 5.41) is 4.93. The van der Waals surface area contributed by atoms with Crippen molar-refractivity contribution in [2.75, 3.05) is 26.8 Å². The molecule has 2 aliphatic rings. The first-order valence-corrected chi connectivity index (χ1v) is 8.43. The zero-order valence-corrected chi connectivity index (χ0v) is 14.8. The quantitative estimate of drug-likeness (QED) is 0.468. The molecule has 1 saturated carbocycles. The lowest BCUT2D eigenvalue weighted by Gasteiger charge is -2.36. The second kappa shape index (κ2) is 8.15. The number of carbonyl (C=O) groups is 5. The van der Waals surface area contributed by atoms with Crippen LogP contribution in [0, 0.1) is 5.92 Å². The molecular formula is C16H23N3O7. The van der Waals surface area contributed by atoms with Gasteiger partial charge in [0.05, 0.1) is 7.11 Å². The van der Waals surface area contributed by atoms with Crippen molar-refractivity contribution in [2.45, 2.75) is 38.1 Å². The van der Waals surface area contributed by atoms with Crippen molar-refractivity contribution in [3.05, 3.63) is 0 Å². The molecule has 2 rings (SSSR count). The Morgan fingerprint density at radius 1 is 1.27 bits per heavy atom. The molecule has 0 aromatic carbocycles. The van der Waals surface area contributed by atoms with E-state index < -0.39 is 48.5 Å². The minimum Gasteiger partial charge on any atom is -0.468 e. The van der Waals surface area contributed by atoms with Gasteiger partial charge in [-0.1, -0.05) is 19.8 Å². The van der Waals surface area contributed by atoms with E-state index in [0.29, 0.717) is 6.42 Å². The molecule has 2 N–H and O–H groups in total. The summed E-state index contributed by atoms with van der Waals surface area (Å²) in [5.41, 5.74) is -0.951. The summed E-state index contributed by atoms with van der Waals surface area (Å²) in [7, 11) is 1.17. The third-order valence-electron chi connectivity index (χ3n) is 4.81. The van der Waals surface area contributed by atoms with Crippen molar-refractivity contribution in [3.8, 4) is 0 Å². The van der Waals surface area contributed by atoms with Crippen LogP contribution in [0.25, 0.3) is 0 Å². The van der Waals surface area contributed by atoms with Crippen LogP contribution in [-0.2, 0) is 28.7 Å². The number of methoxy groups -OCH3 is 1. The second-order valence-corrected chi connectivity index (χ2v) is 6.45. The number of carbonyl (C=O) groups excluding carboxylic acids is 5. The van der Waals surface area contributed by atoms with Gasteiger partial charge < -0.3 is 20.1 Å². The maximum absolute atomic E-state index is 12.7. The third-order valence-corrected chi connectivity index (χ3v) is 4.81. The first-order valence-electron chi connectivity index (χ1n) is 8.43. The first kappa shape index (κ1) is 19.7. The second-order valence-electron chi connectivity index (χ2n) is 6.45. The monoisotopic (exact) mass is 369 g/mol. The van der Waals surface area contributed by atoms with Gasteiger partial charge in [0.1, 0.15) is 18.6 Å². The molecule has 1 saturated heterocycles. The van der Waals surface area contributed by atoms with E-state index in [2.05, 4.69) is 15.4 Å². The number of urea groups is 1. The molecule has 26 heavy (non-hydrogen) atoms. The summed E-state index contributed by atoms with van der Waals surface area (Å²) < 4.78 is 9.11. The predicted molar refractivity (Wildman–Crippen MR) is 86.6 cm³/mol. The lowest BCUT2D eigenvalue weighted by Crippen LogP contribution is -2.54. The standard InChI is InChI=1S/C16H23N3O7/c1-10-5-3-4-6-16(10)14(23)19(15(24)18-16)8-13(22)26-9-11(20)17-7-12(21)25-2/h10H,3-9H2,1-2H3,(H,17,20)(H,18,24)/t10-,16-/m1/s1. The lowest BCUT2D eigenvalue weighted by atomic mass is 9.73. The van der Waals surface area contributed by atoms with Crippen LogP contribution in [0.3, 0.4) is 0 Å². The number of nitrogens with one attached hydrogen (secondary N) is 2. The number of esters is 2. The Balaban J connectivity index is 1.85. The van der Waals surface area contributed by atoms with Crippen molar-refractivity contribution in [1.29, 1.82) is 0 Å². The first-order chi connectivity index (χ1) is 12.3. The van der Waals surface area contributed by atoms with Crippen LogP contribution in [0.4, 0.5) is 4.79 Å². The molecule has 2 fully saturated rings. The highest BCUT2D eigenvalue weighted by atomic mass is 16.5. The van der Waals surface area contributed by atoms with Crippen LogP contribution >= 0.6 is 0 Å². The predicted octanol–water partition coefficient (Wildman–Crippen LogP) is -0.680. The average molecular weight is 369 g/mol. The Morgan fingerprint density at radius 3 is 2.65 bits per heavy atom. The Kier molecular flexibility index (Phi) is 6.17. The Bertz CT molecular complexity index is 621. The van der Waals surface area contributed by atoms with Gasteiger partial charge in [0.15, 0.2) is 6.61 Å². The Hall–Kier alpha value is -2.65. The minimum atomic E-state index is -0.951. The molecule has 0 aromatic heterocycles. The third kappa shape index (κ3) is 4.12. The fraction of sp³-hybridized carbons (Fsp3) is 0.688. The number of hydrogen-bond acceptors (Lipinski definition) is 7. The van der Waals surface area contributed by atoms with E-state index in [1.54, 1.807) is 0 Å². The molecule has 0 bridgehead atoms. The van der Waals surface area contributed by atoms with Crippen molar-refractivity contribution < 1.29 is 33.4 Å². The van der Waals surface area contributed by atoms with Crippen LogP contribution in [0.2, 0.25) is 0 Å². The van der Waals surface area contributed by atoms with Crippen molar-refractivity contribution >= 4 is 29.8 Å². The molecule has 1 spiro atoms. The maximum atomic E-state index is 12.7. The molecule has 10 heteroatoms. The van der Waals surface area contributed by atoms with E-state index in [1.807, 2.05) is 6.92 Å². The Labute approximate surface area is 150 Å². The summed E-state index contributed by atoms with van der Waals surface area (Å²) in [4.78, 5) is 59.9. The van der Waals surface area contributed by atoms with Crippen LogP contribution < -0.4 is 10.6 Å². The number of ether oxygens (including phenoxy) is 2. The summed E-state index contributed by atoms with van der Waals surface area (Å²) in [6.45, 7) is 0.371. The molecule has 144 valence electrons. The van der Waals surface area contributed by atoms with Gasteiger partial charge in [-0.25, -0.2) is 4.79 Å². The number of hydrogen-bond donors (Lipinski definition) is 2. The van der Waals surface area contributed by atoms with E-state index in [0.717, 1.165) is 24.2 Å². The van der Waals surface area contributed by atoms with E-state index >= 15 is 0 Å². The fourth-order valence-electron chi connectivity index (χ4n) is 3.25. The highest BCUT2D eigenvalue weighted by Gasteiger charge is 2.55. The molecular weight excluding hydrogens is 346 g/mol. The van der Waals surface area contributed by atoms with E-state index in [-0.39, 0.29) is 12.5 Å². The molecule has 1 heterocycles. The van der Waals surface area contributed by atoms with Crippen LogP contribution in [0.5, 0.6) is 0 Å². The summed E-state index contributed by atoms with van der Waals surface area (Å²) in [6, 6.07) is -0.629. The van der Waals surface area contributed by atoms with Crippen LogP contribution in [-0.4, -0.2) is 67.0 Å².